The van der Waals surface area contributed by atoms with Crippen LogP contribution in [0.4, 0.5) is 0 Å². The van der Waals surface area contributed by atoms with Crippen LogP contribution in [-0.4, -0.2) is 50.2 Å². The number of hydrogen-bond acceptors (Lipinski definition) is 4. The van der Waals surface area contributed by atoms with Crippen LogP contribution in [0.3, 0.4) is 0 Å². The molecular formula is C25H33N3O2S. The highest BCUT2D eigenvalue weighted by molar-refractivity contribution is 7.90. The minimum atomic E-state index is -3.17. The Labute approximate surface area is 185 Å². The van der Waals surface area contributed by atoms with Gasteiger partial charge in [-0.3, -0.25) is 0 Å². The molecule has 1 unspecified atom stereocenters. The topological polar surface area (TPSA) is 66.1 Å². The molecule has 3 aromatic rings. The molecule has 1 saturated carbocycles. The normalized spacial score (nSPS) is 16.4. The Balaban J connectivity index is 1.59. The summed E-state index contributed by atoms with van der Waals surface area (Å²) in [7, 11) is 1.01. The summed E-state index contributed by atoms with van der Waals surface area (Å²) in [4.78, 5) is 10.8. The average molecular weight is 440 g/mol. The number of H-pyrrole nitrogens is 1. The first kappa shape index (κ1) is 22.0. The van der Waals surface area contributed by atoms with Gasteiger partial charge in [-0.15, -0.1) is 0 Å². The van der Waals surface area contributed by atoms with Crippen molar-refractivity contribution in [2.45, 2.75) is 49.3 Å². The molecule has 5 nitrogen and oxygen atoms in total. The number of pyridine rings is 1. The third kappa shape index (κ3) is 5.36. The number of nitrogens with one attached hydrogen (secondary N) is 1. The number of aromatic amines is 1. The molecule has 0 amide bonds. The second-order valence-electron chi connectivity index (χ2n) is 9.33. The SMILES string of the molecule is CN(C)CCc1cnc2[nH]c(CC(c3ccc(S(C)(=O)=O)cc3)C3CCCC3)cc2c1. The maximum atomic E-state index is 11.9. The average Bonchev–Trinajstić information content (AvgIpc) is 3.39. The van der Waals surface area contributed by atoms with E-state index in [9.17, 15) is 8.42 Å². The molecule has 1 aliphatic rings. The lowest BCUT2D eigenvalue weighted by Crippen LogP contribution is -2.15. The van der Waals surface area contributed by atoms with Crippen molar-refractivity contribution in [3.8, 4) is 0 Å². The summed E-state index contributed by atoms with van der Waals surface area (Å²) >= 11 is 0. The molecule has 0 aliphatic heterocycles. The molecule has 1 aliphatic carbocycles. The van der Waals surface area contributed by atoms with E-state index in [2.05, 4.69) is 41.1 Å². The van der Waals surface area contributed by atoms with Gasteiger partial charge in [-0.1, -0.05) is 25.0 Å². The number of rotatable bonds is 8. The van der Waals surface area contributed by atoms with E-state index in [4.69, 9.17) is 0 Å². The van der Waals surface area contributed by atoms with Crippen molar-refractivity contribution in [3.63, 3.8) is 0 Å². The molecule has 2 heterocycles. The van der Waals surface area contributed by atoms with Crippen molar-refractivity contribution in [3.05, 3.63) is 59.4 Å². The van der Waals surface area contributed by atoms with E-state index in [0.717, 1.165) is 25.0 Å². The standard InChI is InChI=1S/C25H33N3O2S/c1-28(2)13-12-18-14-21-15-22(27-25(21)26-17-18)16-24(19-6-4-5-7-19)20-8-10-23(11-9-20)31(3,29)30/h8-11,14-15,17,19,24H,4-7,12-13,16H2,1-3H3,(H,26,27). The highest BCUT2D eigenvalue weighted by atomic mass is 32.2. The number of aromatic nitrogens is 2. The van der Waals surface area contributed by atoms with E-state index in [1.54, 1.807) is 12.1 Å². The number of nitrogens with zero attached hydrogens (tertiary/aromatic N) is 2. The van der Waals surface area contributed by atoms with Crippen LogP contribution < -0.4 is 0 Å². The van der Waals surface area contributed by atoms with Gasteiger partial charge in [-0.2, -0.15) is 0 Å². The van der Waals surface area contributed by atoms with Crippen molar-refractivity contribution < 1.29 is 8.42 Å². The number of sulfone groups is 1. The third-order valence-corrected chi connectivity index (χ3v) is 7.70. The molecule has 0 spiro atoms. The van der Waals surface area contributed by atoms with Crippen molar-refractivity contribution in [2.75, 3.05) is 26.9 Å². The quantitative estimate of drug-likeness (QED) is 0.558. The van der Waals surface area contributed by atoms with E-state index >= 15 is 0 Å². The molecule has 0 bridgehead atoms. The molecule has 4 rings (SSSR count). The van der Waals surface area contributed by atoms with Gasteiger partial charge in [0.05, 0.1) is 4.90 Å². The molecule has 1 N–H and O–H groups in total. The van der Waals surface area contributed by atoms with Gasteiger partial charge >= 0.3 is 0 Å². The first-order chi connectivity index (χ1) is 14.8. The largest absolute Gasteiger partial charge is 0.343 e. The fourth-order valence-electron chi connectivity index (χ4n) is 4.83. The fraction of sp³-hybridized carbons (Fsp3) is 0.480. The monoisotopic (exact) mass is 439 g/mol. The summed E-state index contributed by atoms with van der Waals surface area (Å²) in [5.74, 6) is 1.02. The van der Waals surface area contributed by atoms with Crippen molar-refractivity contribution in [2.24, 2.45) is 5.92 Å². The first-order valence-electron chi connectivity index (χ1n) is 11.2. The summed E-state index contributed by atoms with van der Waals surface area (Å²) in [6.07, 6.45) is 10.2. The lowest BCUT2D eigenvalue weighted by Gasteiger charge is -2.24. The lowest BCUT2D eigenvalue weighted by molar-refractivity contribution is 0.413. The number of hydrogen-bond donors (Lipinski definition) is 1. The number of fused-ring (bicyclic) bond motifs is 1. The summed E-state index contributed by atoms with van der Waals surface area (Å²) < 4.78 is 23.7. The Morgan fingerprint density at radius 2 is 1.84 bits per heavy atom. The van der Waals surface area contributed by atoms with Crippen molar-refractivity contribution >= 4 is 20.9 Å². The minimum Gasteiger partial charge on any atom is -0.343 e. The van der Waals surface area contributed by atoms with Crippen LogP contribution in [0.15, 0.2) is 47.5 Å². The zero-order valence-corrected chi connectivity index (χ0v) is 19.6. The predicted octanol–water partition coefficient (Wildman–Crippen LogP) is 4.59. The second-order valence-corrected chi connectivity index (χ2v) is 11.3. The van der Waals surface area contributed by atoms with Crippen LogP contribution in [0.1, 0.15) is 48.4 Å². The molecular weight excluding hydrogens is 406 g/mol. The lowest BCUT2D eigenvalue weighted by atomic mass is 9.82. The fourth-order valence-corrected chi connectivity index (χ4v) is 5.46. The zero-order valence-electron chi connectivity index (χ0n) is 18.8. The van der Waals surface area contributed by atoms with Crippen molar-refractivity contribution in [1.29, 1.82) is 0 Å². The van der Waals surface area contributed by atoms with Crippen LogP contribution in [0.25, 0.3) is 11.0 Å². The van der Waals surface area contributed by atoms with Gasteiger partial charge in [0, 0.05) is 30.1 Å². The molecule has 1 fully saturated rings. The summed E-state index contributed by atoms with van der Waals surface area (Å²) in [6, 6.07) is 12.0. The van der Waals surface area contributed by atoms with Gasteiger partial charge in [0.2, 0.25) is 0 Å². The van der Waals surface area contributed by atoms with Gasteiger partial charge in [0.1, 0.15) is 5.65 Å². The second kappa shape index (κ2) is 9.13. The van der Waals surface area contributed by atoms with E-state index in [-0.39, 0.29) is 0 Å². The molecule has 0 radical (unpaired) electrons. The maximum absolute atomic E-state index is 11.9. The van der Waals surface area contributed by atoms with Crippen LogP contribution in [-0.2, 0) is 22.7 Å². The van der Waals surface area contributed by atoms with E-state index < -0.39 is 9.84 Å². The smallest absolute Gasteiger partial charge is 0.175 e. The molecule has 6 heteroatoms. The highest BCUT2D eigenvalue weighted by Gasteiger charge is 2.27. The third-order valence-electron chi connectivity index (χ3n) is 6.58. The van der Waals surface area contributed by atoms with Gasteiger partial charge < -0.3 is 9.88 Å². The molecule has 1 aromatic carbocycles. The highest BCUT2D eigenvalue weighted by Crippen LogP contribution is 2.39. The van der Waals surface area contributed by atoms with Gasteiger partial charge in [0.15, 0.2) is 9.84 Å². The van der Waals surface area contributed by atoms with Crippen LogP contribution in [0.2, 0.25) is 0 Å². The van der Waals surface area contributed by atoms with Crippen LogP contribution >= 0.6 is 0 Å². The van der Waals surface area contributed by atoms with E-state index in [1.165, 1.54) is 54.1 Å². The van der Waals surface area contributed by atoms with Gasteiger partial charge in [-0.05, 0) is 87.0 Å². The zero-order chi connectivity index (χ0) is 22.0. The van der Waals surface area contributed by atoms with Gasteiger partial charge in [-0.25, -0.2) is 13.4 Å². The van der Waals surface area contributed by atoms with Crippen LogP contribution in [0, 0.1) is 5.92 Å². The molecule has 31 heavy (non-hydrogen) atoms. The van der Waals surface area contributed by atoms with Gasteiger partial charge in [0.25, 0.3) is 0 Å². The molecule has 0 saturated heterocycles. The Hall–Kier alpha value is -2.18. The first-order valence-corrected chi connectivity index (χ1v) is 13.1. The van der Waals surface area contributed by atoms with E-state index in [1.807, 2.05) is 18.3 Å². The molecule has 1 atom stereocenters. The molecule has 2 aromatic heterocycles. The Bertz CT molecular complexity index is 1130. The Morgan fingerprint density at radius 1 is 1.13 bits per heavy atom. The predicted molar refractivity (Wildman–Crippen MR) is 126 cm³/mol. The summed E-state index contributed by atoms with van der Waals surface area (Å²) in [6.45, 7) is 1.01. The Kier molecular flexibility index (Phi) is 6.49. The maximum Gasteiger partial charge on any atom is 0.175 e. The molecule has 166 valence electrons. The summed E-state index contributed by atoms with van der Waals surface area (Å²) in [5, 5.41) is 1.17. The van der Waals surface area contributed by atoms with Crippen molar-refractivity contribution in [1.82, 2.24) is 14.9 Å². The van der Waals surface area contributed by atoms with E-state index in [0.29, 0.717) is 16.7 Å². The minimum absolute atomic E-state index is 0.386. The number of likely N-dealkylation sites (N-methyl/N-ethyl adjacent to an activating group) is 1. The van der Waals surface area contributed by atoms with Crippen LogP contribution in [0.5, 0.6) is 0 Å². The number of benzene rings is 1. The Morgan fingerprint density at radius 3 is 2.48 bits per heavy atom. The summed E-state index contributed by atoms with van der Waals surface area (Å²) in [5.41, 5.74) is 4.64.